The Kier molecular flexibility index (Phi) is 5.52. The van der Waals surface area contributed by atoms with Gasteiger partial charge in [-0.05, 0) is 17.7 Å². The molecule has 1 fully saturated rings. The summed E-state index contributed by atoms with van der Waals surface area (Å²) in [6.07, 6.45) is -5.00. The minimum Gasteiger partial charge on any atom is -0.508 e. The van der Waals surface area contributed by atoms with Crippen molar-refractivity contribution in [3.63, 3.8) is 0 Å². The lowest BCUT2D eigenvalue weighted by Crippen LogP contribution is -2.51. The normalized spacial score (nSPS) is 28.5. The van der Waals surface area contributed by atoms with E-state index >= 15 is 0 Å². The van der Waals surface area contributed by atoms with Gasteiger partial charge in [0.05, 0.1) is 19.1 Å². The van der Waals surface area contributed by atoms with Crippen molar-refractivity contribution in [3.8, 4) is 23.0 Å². The average Bonchev–Trinajstić information content (AvgIpc) is 2.70. The van der Waals surface area contributed by atoms with Gasteiger partial charge >= 0.3 is 0 Å². The van der Waals surface area contributed by atoms with Crippen molar-refractivity contribution in [1.82, 2.24) is 0 Å². The molecule has 2 aliphatic rings. The number of fused-ring (bicyclic) bond motifs is 1. The van der Waals surface area contributed by atoms with Crippen LogP contribution in [0.2, 0.25) is 0 Å². The zero-order valence-corrected chi connectivity index (χ0v) is 15.8. The molecule has 4 rings (SSSR count). The van der Waals surface area contributed by atoms with E-state index in [-0.39, 0.29) is 47.2 Å². The van der Waals surface area contributed by atoms with Crippen molar-refractivity contribution < 1.29 is 44.5 Å². The fraction of sp³-hybridized carbons (Fsp3) is 0.381. The molecule has 0 radical (unpaired) electrons. The second-order valence-electron chi connectivity index (χ2n) is 7.34. The number of carbonyl (C=O) groups is 1. The Morgan fingerprint density at radius 2 is 1.83 bits per heavy atom. The van der Waals surface area contributed by atoms with Gasteiger partial charge in [-0.25, -0.2) is 0 Å². The molecule has 160 valence electrons. The van der Waals surface area contributed by atoms with E-state index in [1.165, 1.54) is 24.3 Å². The van der Waals surface area contributed by atoms with Crippen molar-refractivity contribution in [1.29, 1.82) is 0 Å². The quantitative estimate of drug-likeness (QED) is 0.491. The van der Waals surface area contributed by atoms with Gasteiger partial charge in [-0.15, -0.1) is 0 Å². The van der Waals surface area contributed by atoms with E-state index in [1.54, 1.807) is 12.1 Å². The van der Waals surface area contributed by atoms with E-state index in [0.717, 1.165) is 0 Å². The first-order chi connectivity index (χ1) is 14.4. The maximum absolute atomic E-state index is 12.6. The highest BCUT2D eigenvalue weighted by Gasteiger charge is 2.38. The van der Waals surface area contributed by atoms with Crippen LogP contribution < -0.4 is 9.47 Å². The Hall–Kier alpha value is -2.85. The number of aromatic hydroxyl groups is 2. The molecular weight excluding hydrogens is 396 g/mol. The van der Waals surface area contributed by atoms with E-state index in [1.807, 2.05) is 0 Å². The third-order valence-electron chi connectivity index (χ3n) is 5.22. The van der Waals surface area contributed by atoms with Gasteiger partial charge in [-0.2, -0.15) is 0 Å². The number of aliphatic hydroxyl groups excluding tert-OH is 3. The van der Waals surface area contributed by atoms with Crippen LogP contribution >= 0.6 is 0 Å². The number of hydrogen-bond donors (Lipinski definition) is 5. The smallest absolute Gasteiger partial charge is 0.202 e. The molecule has 2 aromatic carbocycles. The Balaban J connectivity index is 1.56. The van der Waals surface area contributed by atoms with Crippen LogP contribution in [0.4, 0.5) is 0 Å². The molecule has 0 aliphatic carbocycles. The number of aliphatic hydroxyl groups is 3. The van der Waals surface area contributed by atoms with Crippen molar-refractivity contribution in [2.45, 2.75) is 43.5 Å². The third-order valence-corrected chi connectivity index (χ3v) is 5.22. The van der Waals surface area contributed by atoms with Crippen LogP contribution in [0.1, 0.15) is 34.9 Å². The van der Waals surface area contributed by atoms with E-state index in [9.17, 15) is 30.3 Å². The highest BCUT2D eigenvalue weighted by Crippen LogP contribution is 2.42. The summed E-state index contributed by atoms with van der Waals surface area (Å²) in [5.41, 5.74) is 0.738. The summed E-state index contributed by atoms with van der Waals surface area (Å²) in [6.45, 7) is -0.501. The maximum atomic E-state index is 12.6. The number of phenolic OH excluding ortho intramolecular Hbond substituents is 2. The summed E-state index contributed by atoms with van der Waals surface area (Å²) in [5, 5.41) is 48.8. The van der Waals surface area contributed by atoms with E-state index in [2.05, 4.69) is 0 Å². The highest BCUT2D eigenvalue weighted by molar-refractivity contribution is 6.02. The summed E-state index contributed by atoms with van der Waals surface area (Å²) < 4.78 is 17.0. The van der Waals surface area contributed by atoms with Gasteiger partial charge in [0.1, 0.15) is 46.9 Å². The number of hydrogen-bond acceptors (Lipinski definition) is 9. The van der Waals surface area contributed by atoms with Gasteiger partial charge < -0.3 is 39.7 Å². The SMILES string of the molecule is O=C1C[C@@H](c2ccc(O)cc2)Oc2cc(O[C@@H]3C[C@@H](O)[C@@H](O)[C@@H](CO)O3)cc(O)c21. The monoisotopic (exact) mass is 418 g/mol. The summed E-state index contributed by atoms with van der Waals surface area (Å²) in [6, 6.07) is 8.97. The van der Waals surface area contributed by atoms with Crippen molar-refractivity contribution in [3.05, 3.63) is 47.5 Å². The number of rotatable bonds is 4. The summed E-state index contributed by atoms with van der Waals surface area (Å²) in [7, 11) is 0. The van der Waals surface area contributed by atoms with Crippen molar-refractivity contribution in [2.75, 3.05) is 6.61 Å². The average molecular weight is 418 g/mol. The molecular formula is C21H22O9. The van der Waals surface area contributed by atoms with Gasteiger partial charge in [0.2, 0.25) is 6.29 Å². The molecule has 0 saturated carbocycles. The van der Waals surface area contributed by atoms with Gasteiger partial charge in [0.15, 0.2) is 5.78 Å². The molecule has 9 heteroatoms. The van der Waals surface area contributed by atoms with E-state index < -0.39 is 37.3 Å². The number of Topliss-reactive ketones (excluding diaryl/α,β-unsaturated/α-hetero) is 1. The largest absolute Gasteiger partial charge is 0.508 e. The minimum absolute atomic E-state index is 0.0273. The van der Waals surface area contributed by atoms with Crippen LogP contribution in [0.15, 0.2) is 36.4 Å². The molecule has 2 heterocycles. The Morgan fingerprint density at radius 3 is 2.53 bits per heavy atom. The van der Waals surface area contributed by atoms with Crippen LogP contribution in [-0.4, -0.2) is 62.5 Å². The van der Waals surface area contributed by atoms with Crippen LogP contribution in [0, 0.1) is 0 Å². The van der Waals surface area contributed by atoms with Gasteiger partial charge in [0.25, 0.3) is 0 Å². The first-order valence-corrected chi connectivity index (χ1v) is 9.50. The number of carbonyl (C=O) groups excluding carboxylic acids is 1. The molecule has 9 nitrogen and oxygen atoms in total. The maximum Gasteiger partial charge on any atom is 0.202 e. The first-order valence-electron chi connectivity index (χ1n) is 9.50. The number of ether oxygens (including phenoxy) is 3. The molecule has 0 spiro atoms. The van der Waals surface area contributed by atoms with Crippen molar-refractivity contribution in [2.24, 2.45) is 0 Å². The molecule has 0 aromatic heterocycles. The zero-order valence-electron chi connectivity index (χ0n) is 15.8. The van der Waals surface area contributed by atoms with Gasteiger partial charge in [0, 0.05) is 18.6 Å². The molecule has 30 heavy (non-hydrogen) atoms. The highest BCUT2D eigenvalue weighted by atomic mass is 16.7. The Labute approximate surface area is 171 Å². The Morgan fingerprint density at radius 1 is 1.10 bits per heavy atom. The fourth-order valence-corrected chi connectivity index (χ4v) is 3.65. The zero-order chi connectivity index (χ0) is 21.4. The molecule has 0 unspecified atom stereocenters. The first kappa shape index (κ1) is 20.4. The van der Waals surface area contributed by atoms with Crippen molar-refractivity contribution >= 4 is 5.78 Å². The van der Waals surface area contributed by atoms with Crippen LogP contribution in [0.5, 0.6) is 23.0 Å². The molecule has 2 aliphatic heterocycles. The predicted octanol–water partition coefficient (Wildman–Crippen LogP) is 1.01. The number of benzene rings is 2. The lowest BCUT2D eigenvalue weighted by atomic mass is 9.95. The second-order valence-corrected chi connectivity index (χ2v) is 7.34. The molecule has 5 atom stereocenters. The van der Waals surface area contributed by atoms with Crippen LogP contribution in [0.3, 0.4) is 0 Å². The third kappa shape index (κ3) is 3.92. The second kappa shape index (κ2) is 8.11. The summed E-state index contributed by atoms with van der Waals surface area (Å²) >= 11 is 0. The van der Waals surface area contributed by atoms with Crippen LogP contribution in [0.25, 0.3) is 0 Å². The topological polar surface area (TPSA) is 146 Å². The standard InChI is InChI=1S/C21H22O9/c22-9-18-21(27)15(26)8-19(30-18)28-12-5-13(24)20-14(25)7-16(29-17(20)6-12)10-1-3-11(23)4-2-10/h1-6,15-16,18-19,21-24,26-27H,7-9H2/t15-,16+,18-,19+,21-/m1/s1. The summed E-state index contributed by atoms with van der Waals surface area (Å²) in [5.74, 6) is -0.251. The Bertz CT molecular complexity index is 927. The van der Waals surface area contributed by atoms with Gasteiger partial charge in [-0.1, -0.05) is 12.1 Å². The number of phenols is 2. The fourth-order valence-electron chi connectivity index (χ4n) is 3.65. The minimum atomic E-state index is -1.24. The lowest BCUT2D eigenvalue weighted by molar-refractivity contribution is -0.230. The lowest BCUT2D eigenvalue weighted by Gasteiger charge is -2.36. The van der Waals surface area contributed by atoms with E-state index in [0.29, 0.717) is 5.56 Å². The van der Waals surface area contributed by atoms with Crippen LogP contribution in [-0.2, 0) is 4.74 Å². The summed E-state index contributed by atoms with van der Waals surface area (Å²) in [4.78, 5) is 12.6. The molecule has 0 bridgehead atoms. The molecule has 1 saturated heterocycles. The molecule has 2 aromatic rings. The number of ketones is 1. The predicted molar refractivity (Wildman–Crippen MR) is 102 cm³/mol. The van der Waals surface area contributed by atoms with Gasteiger partial charge in [-0.3, -0.25) is 4.79 Å². The molecule has 5 N–H and O–H groups in total. The molecule has 0 amide bonds. The van der Waals surface area contributed by atoms with E-state index in [4.69, 9.17) is 14.2 Å².